The van der Waals surface area contributed by atoms with Crippen LogP contribution in [-0.4, -0.2) is 22.2 Å². The zero-order valence-corrected chi connectivity index (χ0v) is 10.3. The minimum atomic E-state index is -0.932. The molecule has 1 aliphatic carbocycles. The topological polar surface area (TPSA) is 59.4 Å². The molecule has 1 aliphatic rings. The molecule has 0 radical (unpaired) electrons. The predicted octanol–water partition coefficient (Wildman–Crippen LogP) is 3.05. The molecule has 4 nitrogen and oxygen atoms in total. The van der Waals surface area contributed by atoms with Crippen molar-refractivity contribution in [2.24, 2.45) is 0 Å². The van der Waals surface area contributed by atoms with Crippen molar-refractivity contribution < 1.29 is 14.6 Å². The molecule has 1 saturated carbocycles. The molecule has 1 fully saturated rings. The number of hydrogen-bond donors (Lipinski definition) is 1. The van der Waals surface area contributed by atoms with Crippen molar-refractivity contribution in [3.8, 4) is 16.2 Å². The second kappa shape index (κ2) is 4.42. The number of aromatic nitrogens is 1. The van der Waals surface area contributed by atoms with E-state index in [1.54, 1.807) is 29.9 Å². The molecule has 0 unspecified atom stereocenters. The molecule has 92 valence electrons. The van der Waals surface area contributed by atoms with Crippen molar-refractivity contribution in [3.05, 3.63) is 35.5 Å². The van der Waals surface area contributed by atoms with Crippen LogP contribution in [0.15, 0.2) is 29.9 Å². The molecule has 1 aromatic carbocycles. The van der Waals surface area contributed by atoms with Gasteiger partial charge in [-0.25, -0.2) is 4.79 Å². The fraction of sp³-hybridized carbons (Fsp3) is 0.231. The summed E-state index contributed by atoms with van der Waals surface area (Å²) in [4.78, 5) is 16.0. The van der Waals surface area contributed by atoms with Gasteiger partial charge >= 0.3 is 5.97 Å². The average molecular weight is 261 g/mol. The molecule has 2 aromatic rings. The molecular formula is C13H11NO3S. The Morgan fingerprint density at radius 1 is 1.44 bits per heavy atom. The predicted molar refractivity (Wildman–Crippen MR) is 68.2 cm³/mol. The third-order valence-corrected chi connectivity index (χ3v) is 3.55. The molecule has 0 spiro atoms. The third kappa shape index (κ3) is 2.22. The molecule has 18 heavy (non-hydrogen) atoms. The van der Waals surface area contributed by atoms with Crippen LogP contribution in [-0.2, 0) is 0 Å². The Morgan fingerprint density at radius 2 is 2.28 bits per heavy atom. The van der Waals surface area contributed by atoms with Crippen LogP contribution in [0.4, 0.5) is 0 Å². The molecule has 0 aliphatic heterocycles. The first-order chi connectivity index (χ1) is 8.74. The number of rotatable bonds is 4. The maximum absolute atomic E-state index is 11.0. The number of benzene rings is 1. The van der Waals surface area contributed by atoms with Crippen molar-refractivity contribution >= 4 is 17.3 Å². The summed E-state index contributed by atoms with van der Waals surface area (Å²) >= 11 is 1.47. The van der Waals surface area contributed by atoms with Crippen molar-refractivity contribution in [2.75, 3.05) is 0 Å². The number of nitrogens with zero attached hydrogens (tertiary/aromatic N) is 1. The van der Waals surface area contributed by atoms with Crippen molar-refractivity contribution in [2.45, 2.75) is 18.9 Å². The van der Waals surface area contributed by atoms with E-state index in [1.165, 1.54) is 11.3 Å². The number of hydrogen-bond acceptors (Lipinski definition) is 4. The first kappa shape index (κ1) is 11.2. The van der Waals surface area contributed by atoms with Crippen LogP contribution in [0.1, 0.15) is 23.2 Å². The van der Waals surface area contributed by atoms with Gasteiger partial charge < -0.3 is 9.84 Å². The summed E-state index contributed by atoms with van der Waals surface area (Å²) in [5.74, 6) is -0.189. The lowest BCUT2D eigenvalue weighted by Crippen LogP contribution is -2.01. The normalized spacial score (nSPS) is 14.4. The lowest BCUT2D eigenvalue weighted by atomic mass is 10.1. The third-order valence-electron chi connectivity index (χ3n) is 2.74. The molecule has 0 bridgehead atoms. The zero-order chi connectivity index (χ0) is 12.5. The van der Waals surface area contributed by atoms with Gasteiger partial charge in [0.15, 0.2) is 0 Å². The molecule has 1 N–H and O–H groups in total. The molecule has 0 amide bonds. The standard InChI is InChI=1S/C13H11NO3S/c15-13(16)8-1-4-11(17-9-2-3-9)10(5-8)12-6-14-7-18-12/h1,4-7,9H,2-3H2,(H,15,16). The van der Waals surface area contributed by atoms with Gasteiger partial charge in [-0.15, -0.1) is 11.3 Å². The Kier molecular flexibility index (Phi) is 2.76. The van der Waals surface area contributed by atoms with Crippen LogP contribution >= 0.6 is 11.3 Å². The molecule has 3 rings (SSSR count). The smallest absolute Gasteiger partial charge is 0.335 e. The highest BCUT2D eigenvalue weighted by Gasteiger charge is 2.25. The van der Waals surface area contributed by atoms with Crippen LogP contribution in [0.2, 0.25) is 0 Å². The Balaban J connectivity index is 2.04. The summed E-state index contributed by atoms with van der Waals surface area (Å²) < 4.78 is 5.80. The second-order valence-corrected chi connectivity index (χ2v) is 5.09. The summed E-state index contributed by atoms with van der Waals surface area (Å²) in [6.07, 6.45) is 4.16. The Morgan fingerprint density at radius 3 is 2.89 bits per heavy atom. The lowest BCUT2D eigenvalue weighted by Gasteiger charge is -2.10. The van der Waals surface area contributed by atoms with E-state index < -0.39 is 5.97 Å². The number of carboxylic acids is 1. The second-order valence-electron chi connectivity index (χ2n) is 4.20. The fourth-order valence-electron chi connectivity index (χ4n) is 1.67. The molecule has 1 heterocycles. The number of carbonyl (C=O) groups is 1. The first-order valence-electron chi connectivity index (χ1n) is 5.67. The van der Waals surface area contributed by atoms with E-state index in [9.17, 15) is 4.79 Å². The summed E-state index contributed by atoms with van der Waals surface area (Å²) in [7, 11) is 0. The number of carboxylic acid groups (broad SMARTS) is 1. The Hall–Kier alpha value is -1.88. The minimum absolute atomic E-state index is 0.265. The van der Waals surface area contributed by atoms with Gasteiger partial charge in [-0.3, -0.25) is 4.98 Å². The van der Waals surface area contributed by atoms with Crippen LogP contribution in [0, 0.1) is 0 Å². The maximum atomic E-state index is 11.0. The van der Waals surface area contributed by atoms with E-state index in [2.05, 4.69) is 4.98 Å². The molecule has 0 atom stereocenters. The maximum Gasteiger partial charge on any atom is 0.335 e. The average Bonchev–Trinajstić information content (AvgIpc) is 3.01. The summed E-state index contributed by atoms with van der Waals surface area (Å²) in [5.41, 5.74) is 2.80. The zero-order valence-electron chi connectivity index (χ0n) is 9.50. The van der Waals surface area contributed by atoms with Gasteiger partial charge in [-0.2, -0.15) is 0 Å². The summed E-state index contributed by atoms with van der Waals surface area (Å²) in [5, 5.41) is 9.04. The van der Waals surface area contributed by atoms with Crippen molar-refractivity contribution in [1.82, 2.24) is 4.98 Å². The van der Waals surface area contributed by atoms with Crippen LogP contribution in [0.5, 0.6) is 5.75 Å². The summed E-state index contributed by atoms with van der Waals surface area (Å²) in [6.45, 7) is 0. The van der Waals surface area contributed by atoms with E-state index >= 15 is 0 Å². The SMILES string of the molecule is O=C(O)c1ccc(OC2CC2)c(-c2cncs2)c1. The first-order valence-corrected chi connectivity index (χ1v) is 6.55. The van der Waals surface area contributed by atoms with Gasteiger partial charge in [0, 0.05) is 11.8 Å². The van der Waals surface area contributed by atoms with Gasteiger partial charge in [0.05, 0.1) is 22.1 Å². The van der Waals surface area contributed by atoms with Crippen LogP contribution in [0.3, 0.4) is 0 Å². The lowest BCUT2D eigenvalue weighted by molar-refractivity contribution is 0.0697. The minimum Gasteiger partial charge on any atom is -0.490 e. The van der Waals surface area contributed by atoms with Crippen LogP contribution < -0.4 is 4.74 Å². The van der Waals surface area contributed by atoms with Gasteiger partial charge in [0.25, 0.3) is 0 Å². The van der Waals surface area contributed by atoms with Gasteiger partial charge in [-0.05, 0) is 31.0 Å². The van der Waals surface area contributed by atoms with Gasteiger partial charge in [-0.1, -0.05) is 0 Å². The fourth-order valence-corrected chi connectivity index (χ4v) is 2.32. The van der Waals surface area contributed by atoms with Crippen molar-refractivity contribution in [1.29, 1.82) is 0 Å². The van der Waals surface area contributed by atoms with E-state index in [0.29, 0.717) is 0 Å². The van der Waals surface area contributed by atoms with Crippen LogP contribution in [0.25, 0.3) is 10.4 Å². The van der Waals surface area contributed by atoms with Gasteiger partial charge in [0.2, 0.25) is 0 Å². The molecule has 5 heteroatoms. The number of thiazole rings is 1. The quantitative estimate of drug-likeness (QED) is 0.919. The Bertz CT molecular complexity index is 576. The van der Waals surface area contributed by atoms with Crippen molar-refractivity contribution in [3.63, 3.8) is 0 Å². The molecule has 0 saturated heterocycles. The van der Waals surface area contributed by atoms with Gasteiger partial charge in [0.1, 0.15) is 5.75 Å². The van der Waals surface area contributed by atoms with E-state index in [1.807, 2.05) is 0 Å². The monoisotopic (exact) mass is 261 g/mol. The van der Waals surface area contributed by atoms with E-state index in [-0.39, 0.29) is 11.7 Å². The van der Waals surface area contributed by atoms with E-state index in [0.717, 1.165) is 29.0 Å². The molecular weight excluding hydrogens is 250 g/mol. The summed E-state index contributed by atoms with van der Waals surface area (Å²) in [6, 6.07) is 4.95. The van der Waals surface area contributed by atoms with E-state index in [4.69, 9.17) is 9.84 Å². The highest BCUT2D eigenvalue weighted by molar-refractivity contribution is 7.13. The Labute approximate surface area is 108 Å². The number of ether oxygens (including phenoxy) is 1. The number of aromatic carboxylic acids is 1. The largest absolute Gasteiger partial charge is 0.490 e. The highest BCUT2D eigenvalue weighted by Crippen LogP contribution is 2.37. The molecule has 1 aromatic heterocycles. The highest BCUT2D eigenvalue weighted by atomic mass is 32.1.